The predicted molar refractivity (Wildman–Crippen MR) is 99.5 cm³/mol. The van der Waals surface area contributed by atoms with Crippen LogP contribution in [-0.2, 0) is 16.0 Å². The molecule has 0 saturated heterocycles. The maximum absolute atomic E-state index is 12.7. The van der Waals surface area contributed by atoms with Gasteiger partial charge in [0.15, 0.2) is 0 Å². The zero-order valence-electron chi connectivity index (χ0n) is 15.0. The van der Waals surface area contributed by atoms with Gasteiger partial charge >= 0.3 is 5.97 Å². The van der Waals surface area contributed by atoms with Gasteiger partial charge in [-0.25, -0.2) is 9.78 Å². The molecule has 1 amide bonds. The molecule has 0 aliphatic carbocycles. The van der Waals surface area contributed by atoms with Crippen LogP contribution in [0.5, 0.6) is 5.88 Å². The van der Waals surface area contributed by atoms with Gasteiger partial charge in [0, 0.05) is 29.8 Å². The molecule has 0 radical (unpaired) electrons. The number of rotatable bonds is 6. The van der Waals surface area contributed by atoms with Crippen molar-refractivity contribution >= 4 is 22.8 Å². The Morgan fingerprint density at radius 1 is 1.11 bits per heavy atom. The highest BCUT2D eigenvalue weighted by atomic mass is 16.5. The van der Waals surface area contributed by atoms with Crippen LogP contribution in [0.3, 0.4) is 0 Å². The van der Waals surface area contributed by atoms with E-state index in [4.69, 9.17) is 9.47 Å². The third-order valence-electron chi connectivity index (χ3n) is 4.11. The van der Waals surface area contributed by atoms with E-state index in [9.17, 15) is 9.59 Å². The van der Waals surface area contributed by atoms with Crippen molar-refractivity contribution < 1.29 is 19.1 Å². The Morgan fingerprint density at radius 2 is 1.93 bits per heavy atom. The Balaban J connectivity index is 1.82. The first kappa shape index (κ1) is 18.3. The van der Waals surface area contributed by atoms with Gasteiger partial charge in [0.2, 0.25) is 5.88 Å². The number of amides is 1. The number of aromatic nitrogens is 2. The standard InChI is InChI=1S/C20H19N3O4/c1-26-19-14(7-5-9-21-19)11-17(20(25)27-2)23-18(24)15-10-13-6-3-4-8-16(13)22-12-15/h3-10,12,17H,11H2,1-2H3,(H,23,24)/t17-/m1/s1. The minimum atomic E-state index is -0.882. The summed E-state index contributed by atoms with van der Waals surface area (Å²) in [5.41, 5.74) is 1.84. The molecular formula is C20H19N3O4. The Labute approximate surface area is 156 Å². The van der Waals surface area contributed by atoms with Crippen molar-refractivity contribution in [2.24, 2.45) is 0 Å². The maximum Gasteiger partial charge on any atom is 0.328 e. The first-order valence-corrected chi connectivity index (χ1v) is 8.33. The fraction of sp³-hybridized carbons (Fsp3) is 0.200. The van der Waals surface area contributed by atoms with E-state index < -0.39 is 17.9 Å². The Bertz CT molecular complexity index is 974. The lowest BCUT2D eigenvalue weighted by molar-refractivity contribution is -0.142. The molecule has 138 valence electrons. The fourth-order valence-electron chi connectivity index (χ4n) is 2.76. The van der Waals surface area contributed by atoms with E-state index >= 15 is 0 Å². The molecule has 3 rings (SSSR count). The zero-order chi connectivity index (χ0) is 19.2. The first-order valence-electron chi connectivity index (χ1n) is 8.33. The van der Waals surface area contributed by atoms with E-state index in [1.165, 1.54) is 20.4 Å². The molecule has 0 aliphatic heterocycles. The third kappa shape index (κ3) is 4.20. The number of nitrogens with zero attached hydrogens (tertiary/aromatic N) is 2. The summed E-state index contributed by atoms with van der Waals surface area (Å²) in [6.45, 7) is 0. The molecule has 27 heavy (non-hydrogen) atoms. The number of carbonyl (C=O) groups is 2. The number of nitrogens with one attached hydrogen (secondary N) is 1. The van der Waals surface area contributed by atoms with E-state index in [2.05, 4.69) is 15.3 Å². The van der Waals surface area contributed by atoms with Crippen molar-refractivity contribution in [3.05, 3.63) is 66.0 Å². The summed E-state index contributed by atoms with van der Waals surface area (Å²) in [5.74, 6) is -0.567. The SMILES string of the molecule is COC(=O)[C@@H](Cc1cccnc1OC)NC(=O)c1cnc2ccccc2c1. The number of methoxy groups -OCH3 is 2. The highest BCUT2D eigenvalue weighted by Gasteiger charge is 2.24. The van der Waals surface area contributed by atoms with Crippen molar-refractivity contribution in [2.75, 3.05) is 14.2 Å². The second-order valence-corrected chi connectivity index (χ2v) is 5.84. The molecule has 0 fully saturated rings. The van der Waals surface area contributed by atoms with Crippen LogP contribution in [0, 0.1) is 0 Å². The molecule has 1 N–H and O–H groups in total. The summed E-state index contributed by atoms with van der Waals surface area (Å²) in [5, 5.41) is 3.55. The van der Waals surface area contributed by atoms with Gasteiger partial charge in [-0.3, -0.25) is 9.78 Å². The molecule has 0 spiro atoms. The highest BCUT2D eigenvalue weighted by Crippen LogP contribution is 2.17. The summed E-state index contributed by atoms with van der Waals surface area (Å²) < 4.78 is 10.0. The van der Waals surface area contributed by atoms with Crippen molar-refractivity contribution in [1.82, 2.24) is 15.3 Å². The van der Waals surface area contributed by atoms with Gasteiger partial charge in [0.05, 0.1) is 25.3 Å². The Kier molecular flexibility index (Phi) is 5.61. The number of pyridine rings is 2. The normalized spacial score (nSPS) is 11.6. The molecule has 1 aromatic carbocycles. The van der Waals surface area contributed by atoms with Crippen LogP contribution in [0.1, 0.15) is 15.9 Å². The number of carbonyl (C=O) groups excluding carboxylic acids is 2. The molecule has 2 aromatic heterocycles. The summed E-state index contributed by atoms with van der Waals surface area (Å²) in [6, 6.07) is 11.9. The third-order valence-corrected chi connectivity index (χ3v) is 4.11. The molecule has 1 atom stereocenters. The fourth-order valence-corrected chi connectivity index (χ4v) is 2.76. The van der Waals surface area contributed by atoms with Crippen molar-refractivity contribution in [3.63, 3.8) is 0 Å². The van der Waals surface area contributed by atoms with Crippen molar-refractivity contribution in [3.8, 4) is 5.88 Å². The summed E-state index contributed by atoms with van der Waals surface area (Å²) in [7, 11) is 2.78. The van der Waals surface area contributed by atoms with E-state index in [-0.39, 0.29) is 6.42 Å². The largest absolute Gasteiger partial charge is 0.481 e. The molecule has 0 unspecified atom stereocenters. The van der Waals surface area contributed by atoms with E-state index in [0.717, 1.165) is 10.9 Å². The van der Waals surface area contributed by atoms with Gasteiger partial charge in [-0.15, -0.1) is 0 Å². The first-order chi connectivity index (χ1) is 13.1. The number of esters is 1. The van der Waals surface area contributed by atoms with Gasteiger partial charge in [0.1, 0.15) is 6.04 Å². The van der Waals surface area contributed by atoms with Crippen LogP contribution in [0.2, 0.25) is 0 Å². The summed E-state index contributed by atoms with van der Waals surface area (Å²) in [6.07, 6.45) is 3.27. The van der Waals surface area contributed by atoms with E-state index in [1.807, 2.05) is 24.3 Å². The lowest BCUT2D eigenvalue weighted by Gasteiger charge is -2.17. The number of benzene rings is 1. The molecule has 3 aromatic rings. The molecule has 0 aliphatic rings. The highest BCUT2D eigenvalue weighted by molar-refractivity contribution is 5.99. The van der Waals surface area contributed by atoms with Crippen LogP contribution in [0.4, 0.5) is 0 Å². The lowest BCUT2D eigenvalue weighted by Crippen LogP contribution is -2.43. The second-order valence-electron chi connectivity index (χ2n) is 5.84. The number of hydrogen-bond donors (Lipinski definition) is 1. The predicted octanol–water partition coefficient (Wildman–Crippen LogP) is 2.15. The van der Waals surface area contributed by atoms with Crippen LogP contribution in [0.25, 0.3) is 10.9 Å². The molecule has 7 heteroatoms. The summed E-state index contributed by atoms with van der Waals surface area (Å²) >= 11 is 0. The van der Waals surface area contributed by atoms with Crippen LogP contribution in [0.15, 0.2) is 54.9 Å². The molecule has 0 bridgehead atoms. The van der Waals surface area contributed by atoms with Crippen molar-refractivity contribution in [1.29, 1.82) is 0 Å². The number of ether oxygens (including phenoxy) is 2. The maximum atomic E-state index is 12.7. The zero-order valence-corrected chi connectivity index (χ0v) is 15.0. The van der Waals surface area contributed by atoms with Gasteiger partial charge in [-0.2, -0.15) is 0 Å². The van der Waals surface area contributed by atoms with Crippen LogP contribution in [-0.4, -0.2) is 42.1 Å². The lowest BCUT2D eigenvalue weighted by atomic mass is 10.1. The Morgan fingerprint density at radius 3 is 2.70 bits per heavy atom. The number of fused-ring (bicyclic) bond motifs is 1. The molecular weight excluding hydrogens is 346 g/mol. The smallest absolute Gasteiger partial charge is 0.328 e. The number of para-hydroxylation sites is 1. The average Bonchev–Trinajstić information content (AvgIpc) is 2.72. The van der Waals surface area contributed by atoms with E-state index in [0.29, 0.717) is 17.0 Å². The van der Waals surface area contributed by atoms with Gasteiger partial charge in [0.25, 0.3) is 5.91 Å². The molecule has 2 heterocycles. The number of hydrogen-bond acceptors (Lipinski definition) is 6. The minimum absolute atomic E-state index is 0.191. The Hall–Kier alpha value is -3.48. The van der Waals surface area contributed by atoms with Crippen LogP contribution >= 0.6 is 0 Å². The van der Waals surface area contributed by atoms with Gasteiger partial charge in [-0.05, 0) is 18.2 Å². The second kappa shape index (κ2) is 8.27. The minimum Gasteiger partial charge on any atom is -0.481 e. The monoisotopic (exact) mass is 365 g/mol. The average molecular weight is 365 g/mol. The van der Waals surface area contributed by atoms with Gasteiger partial charge in [-0.1, -0.05) is 24.3 Å². The summed E-state index contributed by atoms with van der Waals surface area (Å²) in [4.78, 5) is 33.2. The van der Waals surface area contributed by atoms with Crippen LogP contribution < -0.4 is 10.1 Å². The molecule has 7 nitrogen and oxygen atoms in total. The quantitative estimate of drug-likeness (QED) is 0.673. The van der Waals surface area contributed by atoms with E-state index in [1.54, 1.807) is 24.4 Å². The van der Waals surface area contributed by atoms with Crippen molar-refractivity contribution in [2.45, 2.75) is 12.5 Å². The molecule has 0 saturated carbocycles. The topological polar surface area (TPSA) is 90.4 Å². The van der Waals surface area contributed by atoms with Gasteiger partial charge < -0.3 is 14.8 Å².